The number of ether oxygens (including phenoxy) is 2. The summed E-state index contributed by atoms with van der Waals surface area (Å²) in [5, 5.41) is 0.767. The number of carbonyl (C=O) groups excluding carboxylic acids is 2. The van der Waals surface area contributed by atoms with Crippen LogP contribution in [0.3, 0.4) is 0 Å². The number of benzene rings is 2. The molecule has 2 aromatic carbocycles. The summed E-state index contributed by atoms with van der Waals surface area (Å²) in [5.74, 6) is -1.03. The number of hydrogen-bond donors (Lipinski definition) is 2. The predicted octanol–water partition coefficient (Wildman–Crippen LogP) is 2.83. The first kappa shape index (κ1) is 22.7. The molecular weight excluding hydrogens is 420 g/mol. The van der Waals surface area contributed by atoms with Gasteiger partial charge in [0.05, 0.1) is 17.1 Å². The fraction of sp³-hybridized carbons (Fsp3) is 0.273. The number of sulfonamides is 1. The third-order valence-electron chi connectivity index (χ3n) is 4.79. The first-order chi connectivity index (χ1) is 14.7. The van der Waals surface area contributed by atoms with Gasteiger partial charge in [-0.2, -0.15) is 0 Å². The van der Waals surface area contributed by atoms with Crippen molar-refractivity contribution in [3.63, 3.8) is 0 Å². The lowest BCUT2D eigenvalue weighted by molar-refractivity contribution is 0.0319. The molecule has 31 heavy (non-hydrogen) atoms. The molecule has 0 spiro atoms. The molecule has 2 N–H and O–H groups in total. The average Bonchev–Trinajstić information content (AvgIpc) is 3.09. The van der Waals surface area contributed by atoms with E-state index in [0.717, 1.165) is 10.9 Å². The molecule has 0 aliphatic rings. The van der Waals surface area contributed by atoms with E-state index in [1.807, 2.05) is 24.3 Å². The minimum atomic E-state index is -3.71. The van der Waals surface area contributed by atoms with Crippen molar-refractivity contribution < 1.29 is 27.5 Å². The number of rotatable bonds is 9. The Hall–Kier alpha value is -3.01. The maximum Gasteiger partial charge on any atom is 0.338 e. The van der Waals surface area contributed by atoms with Crippen molar-refractivity contribution in [3.8, 4) is 0 Å². The molecule has 0 unspecified atom stereocenters. The highest BCUT2D eigenvalue weighted by Crippen LogP contribution is 2.24. The lowest BCUT2D eigenvalue weighted by Crippen LogP contribution is -2.27. The van der Waals surface area contributed by atoms with E-state index >= 15 is 0 Å². The van der Waals surface area contributed by atoms with E-state index in [0.29, 0.717) is 11.3 Å². The van der Waals surface area contributed by atoms with E-state index < -0.39 is 22.1 Å². The molecule has 1 aromatic heterocycles. The van der Waals surface area contributed by atoms with Crippen LogP contribution in [-0.4, -0.2) is 51.5 Å². The van der Waals surface area contributed by atoms with Gasteiger partial charge in [-0.1, -0.05) is 18.2 Å². The van der Waals surface area contributed by atoms with Gasteiger partial charge >= 0.3 is 5.97 Å². The molecule has 8 nitrogen and oxygen atoms in total. The number of methoxy groups -OCH3 is 1. The molecular formula is C22H24N2O6S. The molecule has 1 heterocycles. The SMILES string of the molecule is COCCNS(=O)(=O)c1ccc(C(=O)O[C@@H](C)C(=O)c2c(C)[nH]c3ccccc23)cc1. The standard InChI is InChI=1S/C22H24N2O6S/c1-14-20(18-6-4-5-7-19(18)24-14)21(25)15(2)30-22(26)16-8-10-17(11-9-16)31(27,28)23-12-13-29-3/h4-11,15,23-24H,12-13H2,1-3H3/t15-/m0/s1. The fourth-order valence-electron chi connectivity index (χ4n) is 3.21. The third kappa shape index (κ3) is 5.01. The highest BCUT2D eigenvalue weighted by atomic mass is 32.2. The normalized spacial score (nSPS) is 12.6. The number of aromatic nitrogens is 1. The Balaban J connectivity index is 1.71. The molecule has 0 radical (unpaired) electrons. The molecule has 0 saturated carbocycles. The van der Waals surface area contributed by atoms with Crippen molar-refractivity contribution in [2.45, 2.75) is 24.8 Å². The van der Waals surface area contributed by atoms with Crippen LogP contribution in [0.15, 0.2) is 53.4 Å². The minimum absolute atomic E-state index is 0.0127. The Morgan fingerprint density at radius 1 is 1.10 bits per heavy atom. The van der Waals surface area contributed by atoms with Gasteiger partial charge in [0.2, 0.25) is 15.8 Å². The zero-order valence-corrected chi connectivity index (χ0v) is 18.3. The van der Waals surface area contributed by atoms with Crippen LogP contribution in [0, 0.1) is 6.92 Å². The minimum Gasteiger partial charge on any atom is -0.451 e. The molecule has 0 amide bonds. The summed E-state index contributed by atoms with van der Waals surface area (Å²) < 4.78 is 36.9. The number of aromatic amines is 1. The zero-order valence-electron chi connectivity index (χ0n) is 17.5. The molecule has 0 saturated heterocycles. The summed E-state index contributed by atoms with van der Waals surface area (Å²) in [7, 11) is -2.23. The second kappa shape index (κ2) is 9.42. The van der Waals surface area contributed by atoms with Gasteiger partial charge in [0.25, 0.3) is 0 Å². The quantitative estimate of drug-likeness (QED) is 0.298. The Morgan fingerprint density at radius 3 is 2.45 bits per heavy atom. The van der Waals surface area contributed by atoms with Crippen LogP contribution < -0.4 is 4.72 Å². The van der Waals surface area contributed by atoms with Gasteiger partial charge in [-0.15, -0.1) is 0 Å². The monoisotopic (exact) mass is 444 g/mol. The second-order valence-corrected chi connectivity index (χ2v) is 8.76. The number of Topliss-reactive ketones (excluding diaryl/α,β-unsaturated/α-hetero) is 1. The van der Waals surface area contributed by atoms with Gasteiger partial charge in [-0.05, 0) is 44.2 Å². The molecule has 164 valence electrons. The molecule has 3 aromatic rings. The Bertz CT molecular complexity index is 1200. The first-order valence-corrected chi connectivity index (χ1v) is 11.1. The number of fused-ring (bicyclic) bond motifs is 1. The summed E-state index contributed by atoms with van der Waals surface area (Å²) in [5.41, 5.74) is 2.16. The topological polar surface area (TPSA) is 115 Å². The second-order valence-electron chi connectivity index (χ2n) is 7.00. The molecule has 9 heteroatoms. The summed E-state index contributed by atoms with van der Waals surface area (Å²) >= 11 is 0. The van der Waals surface area contributed by atoms with Crippen LogP contribution in [0.25, 0.3) is 10.9 Å². The first-order valence-electron chi connectivity index (χ1n) is 9.65. The van der Waals surface area contributed by atoms with E-state index in [4.69, 9.17) is 9.47 Å². The maximum absolute atomic E-state index is 12.9. The van der Waals surface area contributed by atoms with Gasteiger partial charge in [-0.25, -0.2) is 17.9 Å². The third-order valence-corrected chi connectivity index (χ3v) is 6.27. The summed E-state index contributed by atoms with van der Waals surface area (Å²) in [6.07, 6.45) is -1.01. The number of para-hydroxylation sites is 1. The molecule has 0 aliphatic carbocycles. The summed E-state index contributed by atoms with van der Waals surface area (Å²) in [6, 6.07) is 12.7. The maximum atomic E-state index is 12.9. The van der Waals surface area contributed by atoms with Gasteiger partial charge in [-0.3, -0.25) is 4.79 Å². The Labute approximate surface area is 180 Å². The van der Waals surface area contributed by atoms with Crippen molar-refractivity contribution in [3.05, 3.63) is 65.4 Å². The van der Waals surface area contributed by atoms with Crippen LogP contribution in [0.5, 0.6) is 0 Å². The molecule has 1 atom stereocenters. The Morgan fingerprint density at radius 2 is 1.77 bits per heavy atom. The van der Waals surface area contributed by atoms with Crippen molar-refractivity contribution in [2.24, 2.45) is 0 Å². The van der Waals surface area contributed by atoms with Gasteiger partial charge in [0.1, 0.15) is 0 Å². The molecule has 3 rings (SSSR count). The number of esters is 1. The summed E-state index contributed by atoms with van der Waals surface area (Å²) in [6.45, 7) is 3.68. The highest BCUT2D eigenvalue weighted by molar-refractivity contribution is 7.89. The van der Waals surface area contributed by atoms with Crippen LogP contribution in [-0.2, 0) is 19.5 Å². The van der Waals surface area contributed by atoms with E-state index in [9.17, 15) is 18.0 Å². The summed E-state index contributed by atoms with van der Waals surface area (Å²) in [4.78, 5) is 28.6. The number of ketones is 1. The lowest BCUT2D eigenvalue weighted by atomic mass is 10.0. The van der Waals surface area contributed by atoms with E-state index in [1.54, 1.807) is 6.92 Å². The van der Waals surface area contributed by atoms with Crippen molar-refractivity contribution in [1.29, 1.82) is 0 Å². The largest absolute Gasteiger partial charge is 0.451 e. The van der Waals surface area contributed by atoms with Crippen molar-refractivity contribution in [1.82, 2.24) is 9.71 Å². The number of carbonyl (C=O) groups is 2. The zero-order chi connectivity index (χ0) is 22.6. The predicted molar refractivity (Wildman–Crippen MR) is 116 cm³/mol. The molecule has 0 fully saturated rings. The number of aryl methyl sites for hydroxylation is 1. The number of hydrogen-bond acceptors (Lipinski definition) is 6. The van der Waals surface area contributed by atoms with E-state index in [1.165, 1.54) is 38.3 Å². The average molecular weight is 445 g/mol. The number of H-pyrrole nitrogens is 1. The van der Waals surface area contributed by atoms with Gasteiger partial charge < -0.3 is 14.5 Å². The van der Waals surface area contributed by atoms with E-state index in [-0.39, 0.29) is 29.4 Å². The van der Waals surface area contributed by atoms with Crippen LogP contribution in [0.2, 0.25) is 0 Å². The smallest absolute Gasteiger partial charge is 0.338 e. The number of nitrogens with one attached hydrogen (secondary N) is 2. The molecule has 0 bridgehead atoms. The van der Waals surface area contributed by atoms with Gasteiger partial charge in [0, 0.05) is 35.8 Å². The van der Waals surface area contributed by atoms with Gasteiger partial charge in [0.15, 0.2) is 6.10 Å². The van der Waals surface area contributed by atoms with Crippen molar-refractivity contribution >= 4 is 32.7 Å². The Kier molecular flexibility index (Phi) is 6.89. The molecule has 0 aliphatic heterocycles. The van der Waals surface area contributed by atoms with Crippen LogP contribution >= 0.6 is 0 Å². The van der Waals surface area contributed by atoms with E-state index in [2.05, 4.69) is 9.71 Å². The fourth-order valence-corrected chi connectivity index (χ4v) is 4.22. The van der Waals surface area contributed by atoms with Crippen LogP contribution in [0.4, 0.5) is 0 Å². The van der Waals surface area contributed by atoms with Crippen molar-refractivity contribution in [2.75, 3.05) is 20.3 Å². The highest BCUT2D eigenvalue weighted by Gasteiger charge is 2.25. The van der Waals surface area contributed by atoms with Crippen LogP contribution in [0.1, 0.15) is 33.3 Å². The lowest BCUT2D eigenvalue weighted by Gasteiger charge is -2.13.